The van der Waals surface area contributed by atoms with Gasteiger partial charge in [-0.1, -0.05) is 13.8 Å². The summed E-state index contributed by atoms with van der Waals surface area (Å²) in [7, 11) is 0. The van der Waals surface area contributed by atoms with Crippen LogP contribution in [-0.4, -0.2) is 18.1 Å². The Labute approximate surface area is 91.3 Å². The van der Waals surface area contributed by atoms with E-state index in [9.17, 15) is 0 Å². The monoisotopic (exact) mass is 205 g/mol. The third-order valence-corrected chi connectivity index (χ3v) is 3.32. The van der Waals surface area contributed by atoms with Crippen molar-refractivity contribution in [3.8, 4) is 0 Å². The van der Waals surface area contributed by atoms with Gasteiger partial charge in [0.2, 0.25) is 0 Å². The van der Waals surface area contributed by atoms with Crippen molar-refractivity contribution >= 4 is 11.5 Å². The molecule has 0 bridgehead atoms. The maximum atomic E-state index is 5.87. The van der Waals surface area contributed by atoms with Crippen LogP contribution >= 0.6 is 0 Å². The predicted octanol–water partition coefficient (Wildman–Crippen LogP) is 2.15. The second-order valence-corrected chi connectivity index (χ2v) is 4.65. The highest BCUT2D eigenvalue weighted by molar-refractivity contribution is 5.63. The first-order valence-electron chi connectivity index (χ1n) is 5.64. The van der Waals surface area contributed by atoms with Crippen molar-refractivity contribution < 1.29 is 0 Å². The molecule has 82 valence electrons. The summed E-state index contributed by atoms with van der Waals surface area (Å²) in [5.74, 6) is 2.21. The lowest BCUT2D eigenvalue weighted by atomic mass is 9.95. The fourth-order valence-electron chi connectivity index (χ4n) is 2.23. The molecule has 0 saturated carbocycles. The molecule has 2 heterocycles. The van der Waals surface area contributed by atoms with E-state index in [-0.39, 0.29) is 0 Å². The van der Waals surface area contributed by atoms with Crippen LogP contribution in [0.25, 0.3) is 0 Å². The van der Waals surface area contributed by atoms with E-state index in [4.69, 9.17) is 5.73 Å². The normalized spacial score (nSPS) is 21.3. The molecule has 0 aliphatic carbocycles. The topological polar surface area (TPSA) is 42.2 Å². The Morgan fingerprint density at radius 1 is 1.53 bits per heavy atom. The molecular weight excluding hydrogens is 186 g/mol. The molecule has 2 rings (SSSR count). The second kappa shape index (κ2) is 4.09. The van der Waals surface area contributed by atoms with Crippen LogP contribution in [0.5, 0.6) is 0 Å². The van der Waals surface area contributed by atoms with E-state index < -0.39 is 0 Å². The molecule has 0 spiro atoms. The second-order valence-electron chi connectivity index (χ2n) is 4.65. The molecule has 0 amide bonds. The number of nitrogens with zero attached hydrogens (tertiary/aromatic N) is 2. The van der Waals surface area contributed by atoms with Crippen LogP contribution in [-0.2, 0) is 0 Å². The Morgan fingerprint density at radius 3 is 2.93 bits per heavy atom. The van der Waals surface area contributed by atoms with Gasteiger partial charge in [-0.2, -0.15) is 0 Å². The van der Waals surface area contributed by atoms with Crippen LogP contribution in [0.2, 0.25) is 0 Å². The predicted molar refractivity (Wildman–Crippen MR) is 63.8 cm³/mol. The van der Waals surface area contributed by atoms with Gasteiger partial charge in [0.1, 0.15) is 5.82 Å². The Morgan fingerprint density at radius 2 is 2.33 bits per heavy atom. The highest BCUT2D eigenvalue weighted by Crippen LogP contribution is 2.30. The molecule has 1 aliphatic heterocycles. The molecule has 0 aromatic carbocycles. The largest absolute Gasteiger partial charge is 0.382 e. The van der Waals surface area contributed by atoms with Crippen LogP contribution in [0, 0.1) is 11.8 Å². The first-order valence-corrected chi connectivity index (χ1v) is 5.64. The zero-order chi connectivity index (χ0) is 10.8. The first-order chi connectivity index (χ1) is 7.18. The number of pyridine rings is 1. The Balaban J connectivity index is 2.11. The summed E-state index contributed by atoms with van der Waals surface area (Å²) >= 11 is 0. The average Bonchev–Trinajstić information content (AvgIpc) is 2.67. The summed E-state index contributed by atoms with van der Waals surface area (Å²) < 4.78 is 0. The zero-order valence-corrected chi connectivity index (χ0v) is 9.48. The van der Waals surface area contributed by atoms with Crippen LogP contribution in [0.15, 0.2) is 18.3 Å². The van der Waals surface area contributed by atoms with Gasteiger partial charge in [0, 0.05) is 19.3 Å². The van der Waals surface area contributed by atoms with E-state index in [1.54, 1.807) is 6.20 Å². The van der Waals surface area contributed by atoms with Gasteiger partial charge < -0.3 is 10.6 Å². The van der Waals surface area contributed by atoms with E-state index in [1.165, 1.54) is 6.42 Å². The first kappa shape index (κ1) is 10.3. The number of hydrogen-bond acceptors (Lipinski definition) is 3. The summed E-state index contributed by atoms with van der Waals surface area (Å²) in [4.78, 5) is 6.48. The summed E-state index contributed by atoms with van der Waals surface area (Å²) in [5.41, 5.74) is 6.97. The fourth-order valence-corrected chi connectivity index (χ4v) is 2.23. The minimum absolute atomic E-state index is 0.655. The minimum atomic E-state index is 0.655. The third kappa shape index (κ3) is 2.06. The van der Waals surface area contributed by atoms with Gasteiger partial charge >= 0.3 is 0 Å². The van der Waals surface area contributed by atoms with Crippen LogP contribution in [0.3, 0.4) is 0 Å². The van der Waals surface area contributed by atoms with Gasteiger partial charge in [-0.3, -0.25) is 0 Å². The molecular formula is C12H19N3. The van der Waals surface area contributed by atoms with Crippen molar-refractivity contribution in [2.24, 2.45) is 11.8 Å². The molecule has 1 aromatic heterocycles. The molecule has 1 saturated heterocycles. The SMILES string of the molecule is CC(C)C1CCN(c2cccnc2N)C1. The van der Waals surface area contributed by atoms with Crippen molar-refractivity contribution in [3.05, 3.63) is 18.3 Å². The maximum Gasteiger partial charge on any atom is 0.146 e. The minimum Gasteiger partial charge on any atom is -0.382 e. The van der Waals surface area contributed by atoms with Gasteiger partial charge in [-0.25, -0.2) is 4.98 Å². The standard InChI is InChI=1S/C12H19N3/c1-9(2)10-5-7-15(8-10)11-4-3-6-14-12(11)13/h3-4,6,9-10H,5,7-8H2,1-2H3,(H2,13,14). The Kier molecular flexibility index (Phi) is 2.80. The maximum absolute atomic E-state index is 5.87. The van der Waals surface area contributed by atoms with Gasteiger partial charge in [0.25, 0.3) is 0 Å². The summed E-state index contributed by atoms with van der Waals surface area (Å²) in [6, 6.07) is 4.01. The van der Waals surface area contributed by atoms with Crippen molar-refractivity contribution in [2.45, 2.75) is 20.3 Å². The van der Waals surface area contributed by atoms with E-state index in [0.29, 0.717) is 5.82 Å². The molecule has 1 aliphatic rings. The van der Waals surface area contributed by atoms with Gasteiger partial charge in [0.05, 0.1) is 5.69 Å². The quantitative estimate of drug-likeness (QED) is 0.804. The summed E-state index contributed by atoms with van der Waals surface area (Å²) in [6.07, 6.45) is 3.01. The van der Waals surface area contributed by atoms with Crippen molar-refractivity contribution in [3.63, 3.8) is 0 Å². The number of hydrogen-bond donors (Lipinski definition) is 1. The highest BCUT2D eigenvalue weighted by Gasteiger charge is 2.25. The number of anilines is 2. The molecule has 1 atom stereocenters. The number of nitrogen functional groups attached to an aromatic ring is 1. The molecule has 0 radical (unpaired) electrons. The average molecular weight is 205 g/mol. The molecule has 3 heteroatoms. The lowest BCUT2D eigenvalue weighted by Crippen LogP contribution is -2.22. The Hall–Kier alpha value is -1.25. The van der Waals surface area contributed by atoms with Gasteiger partial charge in [-0.05, 0) is 30.4 Å². The van der Waals surface area contributed by atoms with Crippen LogP contribution in [0.1, 0.15) is 20.3 Å². The molecule has 1 aromatic rings. The van der Waals surface area contributed by atoms with Crippen molar-refractivity contribution in [1.29, 1.82) is 0 Å². The lowest BCUT2D eigenvalue weighted by Gasteiger charge is -2.20. The number of nitrogens with two attached hydrogens (primary N) is 1. The Bertz CT molecular complexity index is 335. The van der Waals surface area contributed by atoms with E-state index in [2.05, 4.69) is 29.8 Å². The molecule has 1 unspecified atom stereocenters. The molecule has 2 N–H and O–H groups in total. The van der Waals surface area contributed by atoms with Gasteiger partial charge in [0.15, 0.2) is 0 Å². The lowest BCUT2D eigenvalue weighted by molar-refractivity contribution is 0.423. The molecule has 15 heavy (non-hydrogen) atoms. The van der Waals surface area contributed by atoms with Crippen molar-refractivity contribution in [2.75, 3.05) is 23.7 Å². The van der Waals surface area contributed by atoms with E-state index in [1.807, 2.05) is 6.07 Å². The van der Waals surface area contributed by atoms with Crippen LogP contribution in [0.4, 0.5) is 11.5 Å². The smallest absolute Gasteiger partial charge is 0.146 e. The highest BCUT2D eigenvalue weighted by atomic mass is 15.2. The third-order valence-electron chi connectivity index (χ3n) is 3.32. The fraction of sp³-hybridized carbons (Fsp3) is 0.583. The number of rotatable bonds is 2. The van der Waals surface area contributed by atoms with Crippen LogP contribution < -0.4 is 10.6 Å². The van der Waals surface area contributed by atoms with Crippen molar-refractivity contribution in [1.82, 2.24) is 4.98 Å². The number of aromatic nitrogens is 1. The summed E-state index contributed by atoms with van der Waals surface area (Å²) in [5, 5.41) is 0. The molecule has 3 nitrogen and oxygen atoms in total. The summed E-state index contributed by atoms with van der Waals surface area (Å²) in [6.45, 7) is 6.81. The zero-order valence-electron chi connectivity index (χ0n) is 9.48. The van der Waals surface area contributed by atoms with Gasteiger partial charge in [-0.15, -0.1) is 0 Å². The molecule has 1 fully saturated rings. The van der Waals surface area contributed by atoms with E-state index in [0.717, 1.165) is 30.6 Å². The van der Waals surface area contributed by atoms with E-state index >= 15 is 0 Å².